The highest BCUT2D eigenvalue weighted by Crippen LogP contribution is 2.41. The Balaban J connectivity index is 1.22. The van der Waals surface area contributed by atoms with Crippen LogP contribution in [0.3, 0.4) is 0 Å². The van der Waals surface area contributed by atoms with Crippen LogP contribution in [0, 0.1) is 11.7 Å². The van der Waals surface area contributed by atoms with Crippen LogP contribution in [-0.2, 0) is 0 Å². The van der Waals surface area contributed by atoms with Crippen molar-refractivity contribution in [2.75, 3.05) is 36.5 Å². The van der Waals surface area contributed by atoms with Gasteiger partial charge in [-0.1, -0.05) is 0 Å². The summed E-state index contributed by atoms with van der Waals surface area (Å²) in [5, 5.41) is 4.20. The summed E-state index contributed by atoms with van der Waals surface area (Å²) in [5.74, 6) is 2.00. The second-order valence-corrected chi connectivity index (χ2v) is 7.90. The fraction of sp³-hybridized carbons (Fsp3) is 0.500. The van der Waals surface area contributed by atoms with Crippen molar-refractivity contribution in [1.29, 1.82) is 0 Å². The fourth-order valence-electron chi connectivity index (χ4n) is 4.08. The smallest absolute Gasteiger partial charge is 0.187 e. The van der Waals surface area contributed by atoms with Gasteiger partial charge in [0.05, 0.1) is 11.9 Å². The predicted octanol–water partition coefficient (Wildman–Crippen LogP) is 2.89. The highest BCUT2D eigenvalue weighted by Gasteiger charge is 2.31. The first-order valence-electron chi connectivity index (χ1n) is 9.96. The standard InChI is InChI=1S/C20H24FN7/c1-26(20-18(21)19(15-2-3-15)22-13-23-20)12-14-5-9-27(10-6-14)16-7-11-28-17(25-16)4-8-24-28/h4,7-8,11,13-15H,2-3,5-6,9-10,12H2,1H3. The van der Waals surface area contributed by atoms with E-state index in [1.165, 1.54) is 6.33 Å². The molecule has 2 aliphatic rings. The Morgan fingerprint density at radius 2 is 1.96 bits per heavy atom. The van der Waals surface area contributed by atoms with Crippen molar-refractivity contribution < 1.29 is 4.39 Å². The first-order chi connectivity index (χ1) is 13.7. The van der Waals surface area contributed by atoms with E-state index >= 15 is 0 Å². The van der Waals surface area contributed by atoms with Crippen LogP contribution in [0.1, 0.15) is 37.3 Å². The second kappa shape index (κ2) is 7.00. The quantitative estimate of drug-likeness (QED) is 0.677. The number of hydrogen-bond donors (Lipinski definition) is 0. The van der Waals surface area contributed by atoms with E-state index in [0.29, 0.717) is 23.3 Å². The minimum absolute atomic E-state index is 0.233. The van der Waals surface area contributed by atoms with Crippen LogP contribution < -0.4 is 9.80 Å². The largest absolute Gasteiger partial charge is 0.357 e. The predicted molar refractivity (Wildman–Crippen MR) is 105 cm³/mol. The maximum Gasteiger partial charge on any atom is 0.187 e. The van der Waals surface area contributed by atoms with Crippen molar-refractivity contribution in [3.05, 3.63) is 42.4 Å². The lowest BCUT2D eigenvalue weighted by molar-refractivity contribution is 0.405. The van der Waals surface area contributed by atoms with Crippen molar-refractivity contribution in [3.8, 4) is 0 Å². The third kappa shape index (κ3) is 3.27. The molecule has 3 aromatic rings. The molecule has 4 heterocycles. The number of aromatic nitrogens is 5. The molecule has 2 fully saturated rings. The molecule has 7 nitrogen and oxygen atoms in total. The van der Waals surface area contributed by atoms with Gasteiger partial charge < -0.3 is 9.80 Å². The lowest BCUT2D eigenvalue weighted by Gasteiger charge is -2.34. The third-order valence-corrected chi connectivity index (χ3v) is 5.84. The summed E-state index contributed by atoms with van der Waals surface area (Å²) in [4.78, 5) is 17.3. The van der Waals surface area contributed by atoms with E-state index in [4.69, 9.17) is 0 Å². The summed E-state index contributed by atoms with van der Waals surface area (Å²) in [5.41, 5.74) is 1.46. The van der Waals surface area contributed by atoms with Crippen molar-refractivity contribution in [2.45, 2.75) is 31.6 Å². The molecule has 0 amide bonds. The van der Waals surface area contributed by atoms with Crippen LogP contribution in [0.25, 0.3) is 5.65 Å². The summed E-state index contributed by atoms with van der Waals surface area (Å²) in [6, 6.07) is 3.93. The molecule has 0 bridgehead atoms. The zero-order valence-electron chi connectivity index (χ0n) is 16.0. The number of fused-ring (bicyclic) bond motifs is 1. The molecule has 8 heteroatoms. The second-order valence-electron chi connectivity index (χ2n) is 7.90. The highest BCUT2D eigenvalue weighted by molar-refractivity contribution is 5.47. The van der Waals surface area contributed by atoms with Crippen LogP contribution in [0.5, 0.6) is 0 Å². The van der Waals surface area contributed by atoms with E-state index < -0.39 is 0 Å². The minimum atomic E-state index is -0.233. The lowest BCUT2D eigenvalue weighted by Crippen LogP contribution is -2.38. The SMILES string of the molecule is CN(CC1CCN(c2ccn3nccc3n2)CC1)c1ncnc(C2CC2)c1F. The Morgan fingerprint density at radius 1 is 1.14 bits per heavy atom. The van der Waals surface area contributed by atoms with E-state index in [2.05, 4.69) is 25.0 Å². The molecule has 1 aliphatic heterocycles. The van der Waals surface area contributed by atoms with Gasteiger partial charge in [-0.2, -0.15) is 5.10 Å². The van der Waals surface area contributed by atoms with E-state index in [1.807, 2.05) is 30.3 Å². The molecule has 5 rings (SSSR count). The number of halogens is 1. The van der Waals surface area contributed by atoms with Gasteiger partial charge >= 0.3 is 0 Å². The lowest BCUT2D eigenvalue weighted by atomic mass is 9.96. The van der Waals surface area contributed by atoms with Gasteiger partial charge in [0.1, 0.15) is 12.1 Å². The van der Waals surface area contributed by atoms with E-state index in [1.54, 1.807) is 10.7 Å². The van der Waals surface area contributed by atoms with Crippen LogP contribution in [0.4, 0.5) is 16.0 Å². The number of rotatable bonds is 5. The third-order valence-electron chi connectivity index (χ3n) is 5.84. The maximum atomic E-state index is 14.8. The van der Waals surface area contributed by atoms with Gasteiger partial charge in [0.2, 0.25) is 0 Å². The Hall–Kier alpha value is -2.77. The summed E-state index contributed by atoms with van der Waals surface area (Å²) in [7, 11) is 1.93. The van der Waals surface area contributed by atoms with E-state index in [-0.39, 0.29) is 5.82 Å². The van der Waals surface area contributed by atoms with Crippen molar-refractivity contribution >= 4 is 17.3 Å². The molecule has 0 aromatic carbocycles. The highest BCUT2D eigenvalue weighted by atomic mass is 19.1. The normalized spacial score (nSPS) is 18.0. The minimum Gasteiger partial charge on any atom is -0.357 e. The van der Waals surface area contributed by atoms with Gasteiger partial charge in [0, 0.05) is 44.9 Å². The summed E-state index contributed by atoms with van der Waals surface area (Å²) in [6.07, 6.45) is 9.39. The first-order valence-corrected chi connectivity index (χ1v) is 9.96. The fourth-order valence-corrected chi connectivity index (χ4v) is 4.08. The zero-order chi connectivity index (χ0) is 19.1. The van der Waals surface area contributed by atoms with Crippen molar-refractivity contribution in [1.82, 2.24) is 24.6 Å². The van der Waals surface area contributed by atoms with Gasteiger partial charge in [0.25, 0.3) is 0 Å². The molecule has 1 saturated heterocycles. The molecule has 0 atom stereocenters. The van der Waals surface area contributed by atoms with Gasteiger partial charge in [-0.3, -0.25) is 0 Å². The molecule has 0 radical (unpaired) electrons. The van der Waals surface area contributed by atoms with Gasteiger partial charge in [-0.25, -0.2) is 23.9 Å². The Bertz CT molecular complexity index is 976. The molecule has 0 unspecified atom stereocenters. The van der Waals surface area contributed by atoms with Crippen LogP contribution in [0.15, 0.2) is 30.9 Å². The van der Waals surface area contributed by atoms with Crippen LogP contribution >= 0.6 is 0 Å². The Kier molecular flexibility index (Phi) is 4.33. The van der Waals surface area contributed by atoms with Crippen LogP contribution in [0.2, 0.25) is 0 Å². The summed E-state index contributed by atoms with van der Waals surface area (Å²) >= 11 is 0. The van der Waals surface area contributed by atoms with Gasteiger partial charge in [0.15, 0.2) is 17.3 Å². The first kappa shape index (κ1) is 17.3. The number of piperidine rings is 1. The molecular formula is C20H24FN7. The average Bonchev–Trinajstić information content (AvgIpc) is 3.45. The molecule has 0 N–H and O–H groups in total. The molecule has 28 heavy (non-hydrogen) atoms. The van der Waals surface area contributed by atoms with E-state index in [0.717, 1.165) is 56.8 Å². The molecule has 1 aliphatic carbocycles. The maximum absolute atomic E-state index is 14.8. The monoisotopic (exact) mass is 381 g/mol. The molecule has 0 spiro atoms. The van der Waals surface area contributed by atoms with E-state index in [9.17, 15) is 4.39 Å². The summed E-state index contributed by atoms with van der Waals surface area (Å²) in [6.45, 7) is 2.71. The molecule has 1 saturated carbocycles. The average molecular weight is 381 g/mol. The number of anilines is 2. The molecule has 3 aromatic heterocycles. The summed E-state index contributed by atoms with van der Waals surface area (Å²) < 4.78 is 16.5. The number of hydrogen-bond acceptors (Lipinski definition) is 6. The topological polar surface area (TPSA) is 62.5 Å². The van der Waals surface area contributed by atoms with Crippen molar-refractivity contribution in [3.63, 3.8) is 0 Å². The Morgan fingerprint density at radius 3 is 2.75 bits per heavy atom. The van der Waals surface area contributed by atoms with Gasteiger partial charge in [-0.05, 0) is 37.7 Å². The van der Waals surface area contributed by atoms with Crippen LogP contribution in [-0.4, -0.2) is 51.2 Å². The molecule has 146 valence electrons. The van der Waals surface area contributed by atoms with Gasteiger partial charge in [-0.15, -0.1) is 0 Å². The number of nitrogens with zero attached hydrogens (tertiary/aromatic N) is 7. The Labute approximate surface area is 163 Å². The van der Waals surface area contributed by atoms with Crippen molar-refractivity contribution in [2.24, 2.45) is 5.92 Å². The zero-order valence-corrected chi connectivity index (χ0v) is 16.0. The molecular weight excluding hydrogens is 357 g/mol.